The quantitative estimate of drug-likeness (QED) is 0.537. The molecule has 0 aliphatic rings. The van der Waals surface area contributed by atoms with E-state index < -0.39 is 23.1 Å². The first-order valence-electron chi connectivity index (χ1n) is 9.36. The molecule has 0 aliphatic carbocycles. The molecular weight excluding hydrogens is 413 g/mol. The van der Waals surface area contributed by atoms with E-state index in [1.165, 1.54) is 9.20 Å². The average Bonchev–Trinajstić information content (AvgIpc) is 3.10. The van der Waals surface area contributed by atoms with Gasteiger partial charge in [-0.3, -0.25) is 14.3 Å². The zero-order valence-corrected chi connectivity index (χ0v) is 16.5. The molecule has 8 nitrogen and oxygen atoms in total. The summed E-state index contributed by atoms with van der Waals surface area (Å²) in [6.45, 7) is 3.45. The number of halogens is 3. The van der Waals surface area contributed by atoms with Gasteiger partial charge in [0.15, 0.2) is 11.5 Å². The van der Waals surface area contributed by atoms with Crippen LogP contribution in [0.4, 0.5) is 19.0 Å². The number of alkyl halides is 3. The Bertz CT molecular complexity index is 1320. The molecule has 4 rings (SSSR count). The molecule has 0 spiro atoms. The first kappa shape index (κ1) is 20.5. The van der Waals surface area contributed by atoms with Crippen LogP contribution in [0.5, 0.6) is 0 Å². The van der Waals surface area contributed by atoms with Gasteiger partial charge in [-0.05, 0) is 38.1 Å². The van der Waals surface area contributed by atoms with Crippen molar-refractivity contribution in [3.05, 3.63) is 64.2 Å². The number of aromatic nitrogens is 5. The normalized spacial score (nSPS) is 12.1. The summed E-state index contributed by atoms with van der Waals surface area (Å²) in [6.07, 6.45) is -1.66. The van der Waals surface area contributed by atoms with Crippen LogP contribution >= 0.6 is 0 Å². The molecule has 0 saturated carbocycles. The van der Waals surface area contributed by atoms with Gasteiger partial charge in [-0.1, -0.05) is 0 Å². The fraction of sp³-hybridized carbons (Fsp3) is 0.250. The molecule has 11 heteroatoms. The van der Waals surface area contributed by atoms with E-state index >= 15 is 0 Å². The zero-order valence-electron chi connectivity index (χ0n) is 16.5. The molecule has 1 aromatic carbocycles. The number of amides is 1. The topological polar surface area (TPSA) is 94.2 Å². The largest absolute Gasteiger partial charge is 0.416 e. The minimum absolute atomic E-state index is 0.0606. The molecule has 0 saturated heterocycles. The van der Waals surface area contributed by atoms with E-state index in [9.17, 15) is 22.8 Å². The third-order valence-electron chi connectivity index (χ3n) is 4.63. The standard InChI is InChI=1S/C20H17F3N6O2/c1-11(2)29-15-8-12(20(21,22)23)4-5-13(15)19(31)14(26-29)9-18(30)25-16-10-17-24-6-3-7-28(17)27-16/h3-8,10-11H,9H2,1-2H3,(H,25,27,30). The van der Waals surface area contributed by atoms with Gasteiger partial charge in [-0.15, -0.1) is 5.10 Å². The second kappa shape index (κ2) is 7.49. The maximum absolute atomic E-state index is 13.1. The smallest absolute Gasteiger partial charge is 0.309 e. The lowest BCUT2D eigenvalue weighted by Crippen LogP contribution is -2.25. The minimum Gasteiger partial charge on any atom is -0.309 e. The van der Waals surface area contributed by atoms with Crippen molar-refractivity contribution in [3.8, 4) is 0 Å². The lowest BCUT2D eigenvalue weighted by atomic mass is 10.1. The second-order valence-electron chi connectivity index (χ2n) is 7.22. The Morgan fingerprint density at radius 2 is 1.97 bits per heavy atom. The van der Waals surface area contributed by atoms with Gasteiger partial charge in [0.1, 0.15) is 5.69 Å². The van der Waals surface area contributed by atoms with Crippen molar-refractivity contribution >= 4 is 28.3 Å². The first-order chi connectivity index (χ1) is 14.6. The highest BCUT2D eigenvalue weighted by Crippen LogP contribution is 2.31. The molecule has 0 fully saturated rings. The van der Waals surface area contributed by atoms with E-state index in [0.29, 0.717) is 5.65 Å². The molecule has 0 unspecified atom stereocenters. The predicted octanol–water partition coefficient (Wildman–Crippen LogP) is 3.22. The van der Waals surface area contributed by atoms with Crippen LogP contribution in [-0.2, 0) is 17.4 Å². The predicted molar refractivity (Wildman–Crippen MR) is 107 cm³/mol. The summed E-state index contributed by atoms with van der Waals surface area (Å²) in [5.74, 6) is -0.280. The van der Waals surface area contributed by atoms with E-state index in [-0.39, 0.29) is 34.9 Å². The van der Waals surface area contributed by atoms with E-state index in [1.54, 1.807) is 38.4 Å². The zero-order chi connectivity index (χ0) is 22.3. The summed E-state index contributed by atoms with van der Waals surface area (Å²) in [4.78, 5) is 29.4. The third-order valence-corrected chi connectivity index (χ3v) is 4.63. The van der Waals surface area contributed by atoms with Gasteiger partial charge in [-0.2, -0.15) is 18.3 Å². The molecule has 3 heterocycles. The molecule has 1 amide bonds. The number of fused-ring (bicyclic) bond motifs is 2. The lowest BCUT2D eigenvalue weighted by molar-refractivity contribution is -0.137. The van der Waals surface area contributed by atoms with Crippen LogP contribution < -0.4 is 10.7 Å². The number of hydrogen-bond acceptors (Lipinski definition) is 5. The maximum Gasteiger partial charge on any atom is 0.416 e. The van der Waals surface area contributed by atoms with E-state index in [4.69, 9.17) is 0 Å². The van der Waals surface area contributed by atoms with Gasteiger partial charge in [0.05, 0.1) is 17.5 Å². The maximum atomic E-state index is 13.1. The Morgan fingerprint density at radius 3 is 2.65 bits per heavy atom. The van der Waals surface area contributed by atoms with Gasteiger partial charge in [-0.25, -0.2) is 9.50 Å². The monoisotopic (exact) mass is 430 g/mol. The number of nitrogens with one attached hydrogen (secondary N) is 1. The summed E-state index contributed by atoms with van der Waals surface area (Å²) in [6, 6.07) is 5.79. The van der Waals surface area contributed by atoms with E-state index in [1.807, 2.05) is 0 Å². The molecule has 0 atom stereocenters. The highest BCUT2D eigenvalue weighted by molar-refractivity contribution is 5.92. The Labute approximate surface area is 173 Å². The van der Waals surface area contributed by atoms with Crippen LogP contribution in [-0.4, -0.2) is 30.3 Å². The average molecular weight is 430 g/mol. The number of carbonyl (C=O) groups is 1. The molecule has 0 aliphatic heterocycles. The Kier molecular flexibility index (Phi) is 4.96. The number of benzene rings is 1. The molecule has 0 radical (unpaired) electrons. The Hall–Kier alpha value is -3.76. The van der Waals surface area contributed by atoms with E-state index in [2.05, 4.69) is 20.5 Å². The van der Waals surface area contributed by atoms with Crippen molar-refractivity contribution < 1.29 is 18.0 Å². The fourth-order valence-corrected chi connectivity index (χ4v) is 3.21. The van der Waals surface area contributed by atoms with Crippen molar-refractivity contribution in [3.63, 3.8) is 0 Å². The molecule has 0 bridgehead atoms. The summed E-state index contributed by atoms with van der Waals surface area (Å²) >= 11 is 0. The van der Waals surface area contributed by atoms with Crippen molar-refractivity contribution in [2.24, 2.45) is 0 Å². The van der Waals surface area contributed by atoms with Gasteiger partial charge in [0.25, 0.3) is 0 Å². The highest BCUT2D eigenvalue weighted by Gasteiger charge is 2.31. The van der Waals surface area contributed by atoms with Gasteiger partial charge >= 0.3 is 6.18 Å². The minimum atomic E-state index is -4.55. The SMILES string of the molecule is CC(C)n1nc(CC(=O)Nc2cc3ncccn3n2)c(=O)c2ccc(C(F)(F)F)cc21. The van der Waals surface area contributed by atoms with Crippen molar-refractivity contribution in [2.75, 3.05) is 5.32 Å². The second-order valence-corrected chi connectivity index (χ2v) is 7.22. The van der Waals surface area contributed by atoms with E-state index in [0.717, 1.165) is 18.2 Å². The van der Waals surface area contributed by atoms with Crippen LogP contribution in [0.1, 0.15) is 31.1 Å². The Morgan fingerprint density at radius 1 is 1.19 bits per heavy atom. The number of carbonyl (C=O) groups excluding carboxylic acids is 1. The summed E-state index contributed by atoms with van der Waals surface area (Å²) < 4.78 is 42.1. The summed E-state index contributed by atoms with van der Waals surface area (Å²) in [5.41, 5.74) is -0.941. The fourth-order valence-electron chi connectivity index (χ4n) is 3.21. The van der Waals surface area contributed by atoms with Crippen LogP contribution in [0.2, 0.25) is 0 Å². The molecule has 160 valence electrons. The number of hydrogen-bond donors (Lipinski definition) is 1. The molecule has 31 heavy (non-hydrogen) atoms. The summed E-state index contributed by atoms with van der Waals surface area (Å²) in [5, 5.41) is 11.0. The van der Waals surface area contributed by atoms with Crippen LogP contribution in [0, 0.1) is 0 Å². The van der Waals surface area contributed by atoms with Crippen LogP contribution in [0.25, 0.3) is 16.6 Å². The number of nitrogens with zero attached hydrogens (tertiary/aromatic N) is 5. The Balaban J connectivity index is 1.69. The van der Waals surface area contributed by atoms with Gasteiger partial charge in [0, 0.05) is 29.9 Å². The van der Waals surface area contributed by atoms with Gasteiger partial charge in [0.2, 0.25) is 11.3 Å². The van der Waals surface area contributed by atoms with Crippen LogP contribution in [0.15, 0.2) is 47.5 Å². The highest BCUT2D eigenvalue weighted by atomic mass is 19.4. The summed E-state index contributed by atoms with van der Waals surface area (Å²) in [7, 11) is 0. The number of rotatable bonds is 4. The molecular formula is C20H17F3N6O2. The third kappa shape index (κ3) is 3.98. The van der Waals surface area contributed by atoms with Crippen molar-refractivity contribution in [2.45, 2.75) is 32.5 Å². The molecule has 3 aromatic heterocycles. The molecule has 4 aromatic rings. The first-order valence-corrected chi connectivity index (χ1v) is 9.36. The van der Waals surface area contributed by atoms with Gasteiger partial charge < -0.3 is 5.32 Å². The van der Waals surface area contributed by atoms with Crippen molar-refractivity contribution in [1.82, 2.24) is 24.4 Å². The van der Waals surface area contributed by atoms with Crippen molar-refractivity contribution in [1.29, 1.82) is 0 Å². The lowest BCUT2D eigenvalue weighted by Gasteiger charge is -2.16. The number of anilines is 1. The molecule has 1 N–H and O–H groups in total. The van der Waals surface area contributed by atoms with Crippen LogP contribution in [0.3, 0.4) is 0 Å².